The van der Waals surface area contributed by atoms with Crippen LogP contribution in [0.4, 0.5) is 0 Å². The lowest BCUT2D eigenvalue weighted by atomic mass is 10.2. The van der Waals surface area contributed by atoms with Gasteiger partial charge in [-0.15, -0.1) is 0 Å². The van der Waals surface area contributed by atoms with Crippen LogP contribution in [0.5, 0.6) is 5.75 Å². The maximum atomic E-state index is 11.8. The highest BCUT2D eigenvalue weighted by molar-refractivity contribution is 5.77. The van der Waals surface area contributed by atoms with E-state index in [0.29, 0.717) is 18.2 Å². The highest BCUT2D eigenvalue weighted by Crippen LogP contribution is 2.08. The topological polar surface area (TPSA) is 56.2 Å². The fraction of sp³-hybridized carbons (Fsp3) is 0.412. The molecule has 0 aliphatic heterocycles. The van der Waals surface area contributed by atoms with E-state index < -0.39 is 0 Å². The number of benzene rings is 1. The summed E-state index contributed by atoms with van der Waals surface area (Å²) in [7, 11) is 0. The highest BCUT2D eigenvalue weighted by atomic mass is 16.5. The zero-order chi connectivity index (χ0) is 15.9. The Bertz CT molecular complexity index is 608. The van der Waals surface area contributed by atoms with Gasteiger partial charge in [0.15, 0.2) is 6.61 Å². The van der Waals surface area contributed by atoms with E-state index in [1.165, 1.54) is 0 Å². The van der Waals surface area contributed by atoms with Crippen LogP contribution in [-0.4, -0.2) is 28.8 Å². The van der Waals surface area contributed by atoms with Crippen LogP contribution in [0.2, 0.25) is 0 Å². The van der Waals surface area contributed by atoms with E-state index in [1.54, 1.807) is 0 Å². The summed E-state index contributed by atoms with van der Waals surface area (Å²) < 4.78 is 7.39. The molecular weight excluding hydrogens is 278 g/mol. The van der Waals surface area contributed by atoms with Crippen molar-refractivity contribution in [3.8, 4) is 5.75 Å². The summed E-state index contributed by atoms with van der Waals surface area (Å²) in [5, 5.41) is 7.33. The van der Waals surface area contributed by atoms with Crippen molar-refractivity contribution < 1.29 is 9.53 Å². The molecule has 2 aromatic rings. The largest absolute Gasteiger partial charge is 0.484 e. The predicted molar refractivity (Wildman–Crippen MR) is 85.8 cm³/mol. The van der Waals surface area contributed by atoms with Crippen molar-refractivity contribution in [3.63, 3.8) is 0 Å². The standard InChI is InChI=1S/C17H23N3O2/c1-13(11-20-15(3)9-14(2)19-20)10-18-17(21)12-22-16-7-5-4-6-8-16/h4-9,13H,10-12H2,1-3H3,(H,18,21)/t13-/m1/s1. The molecule has 5 nitrogen and oxygen atoms in total. The van der Waals surface area contributed by atoms with Gasteiger partial charge < -0.3 is 10.1 Å². The molecule has 0 saturated carbocycles. The number of carbonyl (C=O) groups is 1. The molecular formula is C17H23N3O2. The number of ether oxygens (including phenoxy) is 1. The molecule has 1 aromatic carbocycles. The number of hydrogen-bond acceptors (Lipinski definition) is 3. The van der Waals surface area contributed by atoms with Gasteiger partial charge in [-0.2, -0.15) is 5.10 Å². The Morgan fingerprint density at radius 3 is 2.68 bits per heavy atom. The van der Waals surface area contributed by atoms with Gasteiger partial charge in [-0.3, -0.25) is 9.48 Å². The van der Waals surface area contributed by atoms with Crippen LogP contribution in [0.1, 0.15) is 18.3 Å². The third-order valence-corrected chi connectivity index (χ3v) is 3.35. The Kier molecular flexibility index (Phi) is 5.58. The molecule has 0 unspecified atom stereocenters. The van der Waals surface area contributed by atoms with Gasteiger partial charge in [-0.1, -0.05) is 25.1 Å². The van der Waals surface area contributed by atoms with Gasteiger partial charge in [-0.05, 0) is 38.0 Å². The van der Waals surface area contributed by atoms with Gasteiger partial charge in [0.2, 0.25) is 0 Å². The van der Waals surface area contributed by atoms with Gasteiger partial charge in [0.05, 0.1) is 5.69 Å². The van der Waals surface area contributed by atoms with Gasteiger partial charge in [-0.25, -0.2) is 0 Å². The van der Waals surface area contributed by atoms with Crippen molar-refractivity contribution in [3.05, 3.63) is 47.8 Å². The monoisotopic (exact) mass is 301 g/mol. The second-order valence-corrected chi connectivity index (χ2v) is 5.62. The summed E-state index contributed by atoms with van der Waals surface area (Å²) in [6.07, 6.45) is 0. The quantitative estimate of drug-likeness (QED) is 0.854. The Morgan fingerprint density at radius 2 is 2.05 bits per heavy atom. The average molecular weight is 301 g/mol. The molecule has 1 heterocycles. The molecule has 22 heavy (non-hydrogen) atoms. The van der Waals surface area contributed by atoms with E-state index in [0.717, 1.165) is 17.9 Å². The summed E-state index contributed by atoms with van der Waals surface area (Å²) in [4.78, 5) is 11.8. The molecule has 0 bridgehead atoms. The number of carbonyl (C=O) groups excluding carboxylic acids is 1. The Hall–Kier alpha value is -2.30. The number of nitrogens with one attached hydrogen (secondary N) is 1. The van der Waals surface area contributed by atoms with E-state index >= 15 is 0 Å². The van der Waals surface area contributed by atoms with E-state index in [1.807, 2.05) is 48.9 Å². The lowest BCUT2D eigenvalue weighted by molar-refractivity contribution is -0.123. The van der Waals surface area contributed by atoms with Crippen LogP contribution >= 0.6 is 0 Å². The van der Waals surface area contributed by atoms with Gasteiger partial charge in [0.1, 0.15) is 5.75 Å². The number of amides is 1. The van der Waals surface area contributed by atoms with Gasteiger partial charge >= 0.3 is 0 Å². The molecule has 1 aromatic heterocycles. The van der Waals surface area contributed by atoms with Crippen LogP contribution < -0.4 is 10.1 Å². The molecule has 0 aliphatic carbocycles. The van der Waals surface area contributed by atoms with Crippen molar-refractivity contribution in [2.24, 2.45) is 5.92 Å². The van der Waals surface area contributed by atoms with E-state index in [2.05, 4.69) is 23.4 Å². The number of aryl methyl sites for hydroxylation is 2. The van der Waals surface area contributed by atoms with Crippen LogP contribution in [0, 0.1) is 19.8 Å². The zero-order valence-corrected chi connectivity index (χ0v) is 13.4. The van der Waals surface area contributed by atoms with Crippen molar-refractivity contribution >= 4 is 5.91 Å². The number of hydrogen-bond donors (Lipinski definition) is 1. The number of para-hydroxylation sites is 1. The minimum absolute atomic E-state index is 0.0383. The smallest absolute Gasteiger partial charge is 0.257 e. The summed E-state index contributed by atoms with van der Waals surface area (Å²) in [6.45, 7) is 7.55. The summed E-state index contributed by atoms with van der Waals surface area (Å²) in [5.41, 5.74) is 2.16. The third kappa shape index (κ3) is 4.91. The maximum Gasteiger partial charge on any atom is 0.257 e. The first-order valence-corrected chi connectivity index (χ1v) is 7.50. The van der Waals surface area contributed by atoms with Gasteiger partial charge in [0, 0.05) is 18.8 Å². The molecule has 0 radical (unpaired) electrons. The molecule has 1 atom stereocenters. The molecule has 1 N–H and O–H groups in total. The van der Waals surface area contributed by atoms with Crippen LogP contribution in [-0.2, 0) is 11.3 Å². The van der Waals surface area contributed by atoms with Crippen molar-refractivity contribution in [1.29, 1.82) is 0 Å². The van der Waals surface area contributed by atoms with Crippen LogP contribution in [0.25, 0.3) is 0 Å². The van der Waals surface area contributed by atoms with E-state index in [-0.39, 0.29) is 12.5 Å². The fourth-order valence-corrected chi connectivity index (χ4v) is 2.22. The Balaban J connectivity index is 1.70. The second kappa shape index (κ2) is 7.64. The summed E-state index contributed by atoms with van der Waals surface area (Å²) >= 11 is 0. The lowest BCUT2D eigenvalue weighted by Gasteiger charge is -2.14. The summed E-state index contributed by atoms with van der Waals surface area (Å²) in [6, 6.07) is 11.4. The maximum absolute atomic E-state index is 11.8. The first-order valence-electron chi connectivity index (χ1n) is 7.50. The first-order chi connectivity index (χ1) is 10.5. The SMILES string of the molecule is Cc1cc(C)n(C[C@H](C)CNC(=O)COc2ccccc2)n1. The Morgan fingerprint density at radius 1 is 1.32 bits per heavy atom. The Labute approximate surface area is 131 Å². The molecule has 0 saturated heterocycles. The average Bonchev–Trinajstić information content (AvgIpc) is 2.82. The molecule has 5 heteroatoms. The third-order valence-electron chi connectivity index (χ3n) is 3.35. The molecule has 2 rings (SSSR count). The van der Waals surface area contributed by atoms with Crippen molar-refractivity contribution in [2.75, 3.05) is 13.2 Å². The van der Waals surface area contributed by atoms with Crippen LogP contribution in [0.15, 0.2) is 36.4 Å². The zero-order valence-electron chi connectivity index (χ0n) is 13.4. The van der Waals surface area contributed by atoms with Gasteiger partial charge in [0.25, 0.3) is 5.91 Å². The lowest BCUT2D eigenvalue weighted by Crippen LogP contribution is -2.33. The fourth-order valence-electron chi connectivity index (χ4n) is 2.22. The summed E-state index contributed by atoms with van der Waals surface area (Å²) in [5.74, 6) is 0.899. The molecule has 118 valence electrons. The highest BCUT2D eigenvalue weighted by Gasteiger charge is 2.09. The number of rotatable bonds is 7. The number of aromatic nitrogens is 2. The molecule has 0 aliphatic rings. The van der Waals surface area contributed by atoms with Crippen LogP contribution in [0.3, 0.4) is 0 Å². The predicted octanol–water partition coefficient (Wildman–Crippen LogP) is 2.33. The molecule has 0 spiro atoms. The molecule has 0 fully saturated rings. The number of nitrogens with zero attached hydrogens (tertiary/aromatic N) is 2. The van der Waals surface area contributed by atoms with Crippen molar-refractivity contribution in [2.45, 2.75) is 27.3 Å². The first kappa shape index (κ1) is 16.1. The van der Waals surface area contributed by atoms with E-state index in [4.69, 9.17) is 4.74 Å². The minimum Gasteiger partial charge on any atom is -0.484 e. The molecule has 1 amide bonds. The normalized spacial score (nSPS) is 12.0. The van der Waals surface area contributed by atoms with Crippen molar-refractivity contribution in [1.82, 2.24) is 15.1 Å². The minimum atomic E-state index is -0.107. The second-order valence-electron chi connectivity index (χ2n) is 5.62. The van der Waals surface area contributed by atoms with E-state index in [9.17, 15) is 4.79 Å².